The molecule has 0 aliphatic heterocycles. The quantitative estimate of drug-likeness (QED) is 0.532. The summed E-state index contributed by atoms with van der Waals surface area (Å²) in [7, 11) is 3.60. The van der Waals surface area contributed by atoms with Gasteiger partial charge < -0.3 is 20.1 Å². The van der Waals surface area contributed by atoms with E-state index in [0.29, 0.717) is 12.0 Å². The summed E-state index contributed by atoms with van der Waals surface area (Å²) in [4.78, 5) is 4.35. The van der Waals surface area contributed by atoms with Crippen LogP contribution < -0.4 is 15.4 Å². The largest absolute Gasteiger partial charge is 0.489 e. The van der Waals surface area contributed by atoms with Gasteiger partial charge in [0, 0.05) is 27.3 Å². The second-order valence-electron chi connectivity index (χ2n) is 7.00. The normalized spacial score (nSPS) is 18.0. The van der Waals surface area contributed by atoms with Crippen LogP contribution in [0.15, 0.2) is 35.3 Å². The number of aliphatic imine (C=N–C) groups is 1. The Kier molecular flexibility index (Phi) is 8.06. The molecule has 1 aromatic rings. The maximum Gasteiger partial charge on any atom is 0.191 e. The van der Waals surface area contributed by atoms with Gasteiger partial charge in [-0.25, -0.2) is 0 Å². The predicted octanol–water partition coefficient (Wildman–Crippen LogP) is 3.22. The highest BCUT2D eigenvalue weighted by molar-refractivity contribution is 5.79. The fourth-order valence-electron chi connectivity index (χ4n) is 3.46. The maximum absolute atomic E-state index is 5.90. The number of guanidine groups is 1. The molecule has 1 atom stereocenters. The van der Waals surface area contributed by atoms with Gasteiger partial charge >= 0.3 is 0 Å². The zero-order valence-electron chi connectivity index (χ0n) is 15.9. The second-order valence-corrected chi connectivity index (χ2v) is 7.00. The van der Waals surface area contributed by atoms with E-state index in [-0.39, 0.29) is 6.10 Å². The first-order chi connectivity index (χ1) is 12.2. The molecular formula is C20H33N3O2. The van der Waals surface area contributed by atoms with Gasteiger partial charge in [0.05, 0.1) is 6.54 Å². The summed E-state index contributed by atoms with van der Waals surface area (Å²) in [6.07, 6.45) is 6.36. The van der Waals surface area contributed by atoms with Gasteiger partial charge in [-0.05, 0) is 43.7 Å². The fraction of sp³-hybridized carbons (Fsp3) is 0.650. The van der Waals surface area contributed by atoms with Gasteiger partial charge in [-0.1, -0.05) is 31.0 Å². The molecule has 1 saturated carbocycles. The van der Waals surface area contributed by atoms with Gasteiger partial charge in [-0.2, -0.15) is 0 Å². The summed E-state index contributed by atoms with van der Waals surface area (Å²) in [6.45, 7) is 4.55. The Morgan fingerprint density at radius 1 is 1.20 bits per heavy atom. The van der Waals surface area contributed by atoms with Crippen molar-refractivity contribution in [1.29, 1.82) is 0 Å². The van der Waals surface area contributed by atoms with Crippen LogP contribution in [-0.2, 0) is 4.74 Å². The standard InChI is InChI=1S/C20H33N3O2/c1-17(25-18-9-5-4-6-10-18)15-22-19(21-2)23-16-20(13-14-24-3)11-7-8-12-20/h4-6,9-10,17H,7-8,11-16H2,1-3H3,(H2,21,22,23). The maximum atomic E-state index is 5.90. The van der Waals surface area contributed by atoms with E-state index < -0.39 is 0 Å². The van der Waals surface area contributed by atoms with Crippen molar-refractivity contribution in [3.05, 3.63) is 30.3 Å². The minimum absolute atomic E-state index is 0.0647. The number of nitrogens with zero attached hydrogens (tertiary/aromatic N) is 1. The number of hydrogen-bond donors (Lipinski definition) is 2. The molecule has 5 heteroatoms. The summed E-state index contributed by atoms with van der Waals surface area (Å²) < 4.78 is 11.2. The fourth-order valence-corrected chi connectivity index (χ4v) is 3.46. The molecule has 0 radical (unpaired) electrons. The Bertz CT molecular complexity index is 513. The topological polar surface area (TPSA) is 54.9 Å². The lowest BCUT2D eigenvalue weighted by Crippen LogP contribution is -2.45. The molecule has 0 aromatic heterocycles. The van der Waals surface area contributed by atoms with Crippen molar-refractivity contribution in [3.63, 3.8) is 0 Å². The van der Waals surface area contributed by atoms with Crippen LogP contribution in [0.3, 0.4) is 0 Å². The minimum Gasteiger partial charge on any atom is -0.489 e. The predicted molar refractivity (Wildman–Crippen MR) is 103 cm³/mol. The molecular weight excluding hydrogens is 314 g/mol. The molecule has 0 spiro atoms. The van der Waals surface area contributed by atoms with E-state index in [0.717, 1.165) is 31.3 Å². The molecule has 0 saturated heterocycles. The van der Waals surface area contributed by atoms with Crippen molar-refractivity contribution in [1.82, 2.24) is 10.6 Å². The van der Waals surface area contributed by atoms with E-state index in [1.165, 1.54) is 25.7 Å². The van der Waals surface area contributed by atoms with Gasteiger partial charge in [0.1, 0.15) is 11.9 Å². The van der Waals surface area contributed by atoms with Crippen molar-refractivity contribution in [2.45, 2.75) is 45.1 Å². The molecule has 1 aromatic carbocycles. The van der Waals surface area contributed by atoms with Gasteiger partial charge in [0.25, 0.3) is 0 Å². The molecule has 1 fully saturated rings. The van der Waals surface area contributed by atoms with E-state index in [2.05, 4.69) is 22.5 Å². The first-order valence-corrected chi connectivity index (χ1v) is 9.33. The Labute approximate surface area is 152 Å². The molecule has 1 aliphatic carbocycles. The lowest BCUT2D eigenvalue weighted by atomic mass is 9.83. The van der Waals surface area contributed by atoms with Crippen molar-refractivity contribution in [2.24, 2.45) is 10.4 Å². The third-order valence-corrected chi connectivity index (χ3v) is 4.99. The number of benzene rings is 1. The SMILES string of the molecule is CN=C(NCC(C)Oc1ccccc1)NCC1(CCOC)CCCC1. The molecule has 2 N–H and O–H groups in total. The summed E-state index contributed by atoms with van der Waals surface area (Å²) in [6, 6.07) is 9.91. The van der Waals surface area contributed by atoms with Crippen LogP contribution in [0, 0.1) is 5.41 Å². The number of para-hydroxylation sites is 1. The van der Waals surface area contributed by atoms with E-state index in [4.69, 9.17) is 9.47 Å². The molecule has 1 aliphatic rings. The molecule has 0 heterocycles. The van der Waals surface area contributed by atoms with Gasteiger partial charge in [-0.3, -0.25) is 4.99 Å². The summed E-state index contributed by atoms with van der Waals surface area (Å²) in [5, 5.41) is 6.88. The molecule has 5 nitrogen and oxygen atoms in total. The number of methoxy groups -OCH3 is 1. The van der Waals surface area contributed by atoms with Crippen LogP contribution in [0.5, 0.6) is 5.75 Å². The zero-order valence-corrected chi connectivity index (χ0v) is 15.9. The Morgan fingerprint density at radius 2 is 1.92 bits per heavy atom. The average molecular weight is 348 g/mol. The van der Waals surface area contributed by atoms with Gasteiger partial charge in [0.2, 0.25) is 0 Å². The van der Waals surface area contributed by atoms with Crippen LogP contribution in [-0.4, -0.2) is 45.9 Å². The van der Waals surface area contributed by atoms with Crippen LogP contribution in [0.4, 0.5) is 0 Å². The third kappa shape index (κ3) is 6.58. The summed E-state index contributed by atoms with van der Waals surface area (Å²) in [5.74, 6) is 1.73. The van der Waals surface area contributed by atoms with E-state index in [9.17, 15) is 0 Å². The highest BCUT2D eigenvalue weighted by atomic mass is 16.5. The molecule has 25 heavy (non-hydrogen) atoms. The molecule has 0 amide bonds. The molecule has 1 unspecified atom stereocenters. The first-order valence-electron chi connectivity index (χ1n) is 9.33. The lowest BCUT2D eigenvalue weighted by Gasteiger charge is -2.30. The third-order valence-electron chi connectivity index (χ3n) is 4.99. The van der Waals surface area contributed by atoms with Crippen molar-refractivity contribution in [2.75, 3.05) is 33.9 Å². The van der Waals surface area contributed by atoms with Gasteiger partial charge in [-0.15, -0.1) is 0 Å². The highest BCUT2D eigenvalue weighted by Gasteiger charge is 2.33. The summed E-state index contributed by atoms with van der Waals surface area (Å²) in [5.41, 5.74) is 0.347. The summed E-state index contributed by atoms with van der Waals surface area (Å²) >= 11 is 0. The van der Waals surface area contributed by atoms with Crippen LogP contribution >= 0.6 is 0 Å². The first kappa shape index (κ1) is 19.6. The number of nitrogens with one attached hydrogen (secondary N) is 2. The monoisotopic (exact) mass is 347 g/mol. The molecule has 140 valence electrons. The van der Waals surface area contributed by atoms with Crippen LogP contribution in [0.1, 0.15) is 39.0 Å². The van der Waals surface area contributed by atoms with E-state index in [1.54, 1.807) is 7.11 Å². The Hall–Kier alpha value is -1.75. The zero-order chi connectivity index (χ0) is 18.0. The molecule has 0 bridgehead atoms. The number of hydrogen-bond acceptors (Lipinski definition) is 3. The van der Waals surface area contributed by atoms with E-state index >= 15 is 0 Å². The minimum atomic E-state index is 0.0647. The Balaban J connectivity index is 1.76. The van der Waals surface area contributed by atoms with Crippen molar-refractivity contribution in [3.8, 4) is 5.75 Å². The van der Waals surface area contributed by atoms with Crippen LogP contribution in [0.25, 0.3) is 0 Å². The van der Waals surface area contributed by atoms with Gasteiger partial charge in [0.15, 0.2) is 5.96 Å². The average Bonchev–Trinajstić information content (AvgIpc) is 3.10. The Morgan fingerprint density at radius 3 is 2.56 bits per heavy atom. The van der Waals surface area contributed by atoms with Crippen molar-refractivity contribution >= 4 is 5.96 Å². The number of rotatable bonds is 9. The smallest absolute Gasteiger partial charge is 0.191 e. The van der Waals surface area contributed by atoms with E-state index in [1.807, 2.05) is 37.4 Å². The lowest BCUT2D eigenvalue weighted by molar-refractivity contribution is 0.138. The second kappa shape index (κ2) is 10.3. The van der Waals surface area contributed by atoms with Crippen molar-refractivity contribution < 1.29 is 9.47 Å². The highest BCUT2D eigenvalue weighted by Crippen LogP contribution is 2.40. The van der Waals surface area contributed by atoms with Crippen LogP contribution in [0.2, 0.25) is 0 Å². The molecule has 2 rings (SSSR count). The number of ether oxygens (including phenoxy) is 2.